The maximum atomic E-state index is 12.3. The van der Waals surface area contributed by atoms with Crippen LogP contribution in [-0.4, -0.2) is 15.7 Å². The zero-order valence-corrected chi connectivity index (χ0v) is 13.8. The molecule has 1 aromatic heterocycles. The van der Waals surface area contributed by atoms with Crippen LogP contribution in [0.3, 0.4) is 0 Å². The average molecular weight is 309 g/mol. The number of amides is 1. The molecule has 1 N–H and O–H groups in total. The fourth-order valence-electron chi connectivity index (χ4n) is 3.94. The van der Waals surface area contributed by atoms with Gasteiger partial charge in [0.25, 0.3) is 0 Å². The van der Waals surface area contributed by atoms with Gasteiger partial charge in [0.05, 0.1) is 12.2 Å². The second-order valence-electron chi connectivity index (χ2n) is 6.98. The summed E-state index contributed by atoms with van der Waals surface area (Å²) >= 11 is 0. The van der Waals surface area contributed by atoms with Crippen molar-refractivity contribution in [2.75, 3.05) is 5.32 Å². The first-order chi connectivity index (χ1) is 11.1. The van der Waals surface area contributed by atoms with Gasteiger partial charge >= 0.3 is 0 Å². The van der Waals surface area contributed by atoms with E-state index in [9.17, 15) is 4.79 Å². The summed E-state index contributed by atoms with van der Waals surface area (Å²) in [5, 5.41) is 7.70. The van der Waals surface area contributed by atoms with Crippen LogP contribution in [0.4, 0.5) is 5.82 Å². The number of nitrogens with zero attached hydrogens (tertiary/aromatic N) is 2. The molecule has 1 saturated carbocycles. The minimum atomic E-state index is 0.0977. The number of fused-ring (bicyclic) bond motifs is 1. The number of rotatable bonds is 2. The monoisotopic (exact) mass is 309 g/mol. The van der Waals surface area contributed by atoms with E-state index in [1.54, 1.807) is 0 Å². The Morgan fingerprint density at radius 2 is 1.96 bits per heavy atom. The van der Waals surface area contributed by atoms with Crippen molar-refractivity contribution in [1.29, 1.82) is 0 Å². The molecule has 2 heterocycles. The second-order valence-corrected chi connectivity index (χ2v) is 6.98. The quantitative estimate of drug-likeness (QED) is 0.908. The highest BCUT2D eigenvalue weighted by Crippen LogP contribution is 2.40. The molecule has 1 aromatic carbocycles. The predicted molar refractivity (Wildman–Crippen MR) is 90.7 cm³/mol. The first-order valence-electron chi connectivity index (χ1n) is 8.58. The number of nitrogens with one attached hydrogen (secondary N) is 1. The summed E-state index contributed by atoms with van der Waals surface area (Å²) in [6.07, 6.45) is 7.32. The summed E-state index contributed by atoms with van der Waals surface area (Å²) in [5.74, 6) is 1.14. The molecule has 0 bridgehead atoms. The van der Waals surface area contributed by atoms with Gasteiger partial charge in [0, 0.05) is 17.9 Å². The Kier molecular flexibility index (Phi) is 3.47. The fraction of sp³-hybridized carbons (Fsp3) is 0.474. The van der Waals surface area contributed by atoms with Gasteiger partial charge in [0.15, 0.2) is 0 Å². The van der Waals surface area contributed by atoms with Gasteiger partial charge in [-0.15, -0.1) is 0 Å². The van der Waals surface area contributed by atoms with Crippen LogP contribution < -0.4 is 5.32 Å². The van der Waals surface area contributed by atoms with Crippen molar-refractivity contribution in [3.8, 4) is 0 Å². The summed E-state index contributed by atoms with van der Waals surface area (Å²) in [4.78, 5) is 12.3. The van der Waals surface area contributed by atoms with E-state index in [1.165, 1.54) is 35.1 Å². The van der Waals surface area contributed by atoms with Gasteiger partial charge in [-0.1, -0.05) is 31.0 Å². The van der Waals surface area contributed by atoms with Crippen molar-refractivity contribution >= 4 is 11.7 Å². The van der Waals surface area contributed by atoms with Crippen LogP contribution in [0, 0.1) is 13.8 Å². The van der Waals surface area contributed by atoms with Crippen molar-refractivity contribution < 1.29 is 4.79 Å². The molecule has 1 aliphatic heterocycles. The molecule has 120 valence electrons. The van der Waals surface area contributed by atoms with Crippen LogP contribution >= 0.6 is 0 Å². The Balaban J connectivity index is 1.76. The summed E-state index contributed by atoms with van der Waals surface area (Å²) in [5.41, 5.74) is 4.95. The van der Waals surface area contributed by atoms with Crippen LogP contribution in [0.5, 0.6) is 0 Å². The molecule has 1 atom stereocenters. The van der Waals surface area contributed by atoms with Gasteiger partial charge in [-0.05, 0) is 43.4 Å². The third-order valence-electron chi connectivity index (χ3n) is 5.45. The van der Waals surface area contributed by atoms with Gasteiger partial charge in [0.2, 0.25) is 5.91 Å². The molecule has 1 aliphatic carbocycles. The lowest BCUT2D eigenvalue weighted by molar-refractivity contribution is -0.116. The van der Waals surface area contributed by atoms with E-state index in [1.807, 2.05) is 6.20 Å². The largest absolute Gasteiger partial charge is 0.311 e. The Bertz CT molecular complexity index is 756. The van der Waals surface area contributed by atoms with Gasteiger partial charge in [-0.2, -0.15) is 5.10 Å². The number of carbonyl (C=O) groups is 1. The van der Waals surface area contributed by atoms with Crippen LogP contribution in [0.1, 0.15) is 66.3 Å². The third kappa shape index (κ3) is 2.46. The predicted octanol–water partition coefficient (Wildman–Crippen LogP) is 4.09. The Labute approximate surface area is 136 Å². The van der Waals surface area contributed by atoms with Crippen LogP contribution in [0.2, 0.25) is 0 Å². The zero-order valence-electron chi connectivity index (χ0n) is 13.8. The number of hydrogen-bond acceptors (Lipinski definition) is 2. The summed E-state index contributed by atoms with van der Waals surface area (Å²) in [7, 11) is 0. The van der Waals surface area contributed by atoms with Crippen molar-refractivity contribution in [3.05, 3.63) is 46.6 Å². The van der Waals surface area contributed by atoms with Gasteiger partial charge in [0.1, 0.15) is 5.82 Å². The second kappa shape index (κ2) is 5.52. The third-order valence-corrected chi connectivity index (χ3v) is 5.45. The molecule has 2 aromatic rings. The highest BCUT2D eigenvalue weighted by atomic mass is 16.1. The topological polar surface area (TPSA) is 46.9 Å². The first-order valence-corrected chi connectivity index (χ1v) is 8.58. The Hall–Kier alpha value is -2.10. The number of carbonyl (C=O) groups excluding carboxylic acids is 1. The maximum Gasteiger partial charge on any atom is 0.226 e. The summed E-state index contributed by atoms with van der Waals surface area (Å²) in [6.45, 7) is 4.25. The fourth-order valence-corrected chi connectivity index (χ4v) is 3.94. The van der Waals surface area contributed by atoms with E-state index in [0.717, 1.165) is 18.7 Å². The van der Waals surface area contributed by atoms with Gasteiger partial charge in [-0.3, -0.25) is 4.79 Å². The van der Waals surface area contributed by atoms with Crippen LogP contribution in [0.25, 0.3) is 0 Å². The molecule has 23 heavy (non-hydrogen) atoms. The Morgan fingerprint density at radius 1 is 1.17 bits per heavy atom. The summed E-state index contributed by atoms with van der Waals surface area (Å²) in [6, 6.07) is 6.97. The van der Waals surface area contributed by atoms with E-state index >= 15 is 0 Å². The Morgan fingerprint density at radius 3 is 2.70 bits per heavy atom. The molecule has 0 saturated heterocycles. The molecule has 0 spiro atoms. The van der Waals surface area contributed by atoms with E-state index < -0.39 is 0 Å². The van der Waals surface area contributed by atoms with Crippen LogP contribution in [-0.2, 0) is 4.79 Å². The van der Waals surface area contributed by atoms with Crippen molar-refractivity contribution in [2.24, 2.45) is 0 Å². The maximum absolute atomic E-state index is 12.3. The lowest BCUT2D eigenvalue weighted by atomic mass is 9.86. The average Bonchev–Trinajstić information content (AvgIpc) is 3.17. The number of aromatic nitrogens is 2. The molecular formula is C19H23N3O. The molecular weight excluding hydrogens is 286 g/mol. The molecule has 0 radical (unpaired) electrons. The first kappa shape index (κ1) is 14.5. The van der Waals surface area contributed by atoms with Crippen molar-refractivity contribution in [3.63, 3.8) is 0 Å². The molecule has 1 unspecified atom stereocenters. The number of benzene rings is 1. The minimum Gasteiger partial charge on any atom is -0.311 e. The highest BCUT2D eigenvalue weighted by molar-refractivity contribution is 5.94. The van der Waals surface area contributed by atoms with E-state index in [4.69, 9.17) is 0 Å². The van der Waals surface area contributed by atoms with Crippen molar-refractivity contribution in [1.82, 2.24) is 9.78 Å². The normalized spacial score (nSPS) is 21.3. The van der Waals surface area contributed by atoms with Crippen molar-refractivity contribution in [2.45, 2.75) is 57.9 Å². The molecule has 4 nitrogen and oxygen atoms in total. The smallest absolute Gasteiger partial charge is 0.226 e. The van der Waals surface area contributed by atoms with Gasteiger partial charge in [-0.25, -0.2) is 4.68 Å². The van der Waals surface area contributed by atoms with E-state index in [2.05, 4.69) is 47.1 Å². The molecule has 2 aliphatic rings. The SMILES string of the molecule is Cc1ccc(C2CC(=O)Nc3c2cnn3C2CCCC2)cc1C. The zero-order chi connectivity index (χ0) is 16.0. The van der Waals surface area contributed by atoms with Crippen LogP contribution in [0.15, 0.2) is 24.4 Å². The van der Waals surface area contributed by atoms with Gasteiger partial charge < -0.3 is 5.32 Å². The summed E-state index contributed by atoms with van der Waals surface area (Å²) < 4.78 is 2.06. The molecule has 4 heteroatoms. The van der Waals surface area contributed by atoms with E-state index in [-0.39, 0.29) is 11.8 Å². The minimum absolute atomic E-state index is 0.0977. The number of hydrogen-bond donors (Lipinski definition) is 1. The molecule has 1 fully saturated rings. The standard InChI is InChI=1S/C19H23N3O/c1-12-7-8-14(9-13(12)2)16-10-18(23)21-19-17(16)11-20-22(19)15-5-3-4-6-15/h7-9,11,15-16H,3-6,10H2,1-2H3,(H,21,23). The molecule has 1 amide bonds. The highest BCUT2D eigenvalue weighted by Gasteiger charge is 2.32. The lowest BCUT2D eigenvalue weighted by Gasteiger charge is -2.25. The van der Waals surface area contributed by atoms with E-state index in [0.29, 0.717) is 12.5 Å². The lowest BCUT2D eigenvalue weighted by Crippen LogP contribution is -2.25. The number of aryl methyl sites for hydroxylation is 2. The molecule has 4 rings (SSSR count). The number of anilines is 1.